The lowest BCUT2D eigenvalue weighted by Crippen LogP contribution is -2.54. The first kappa shape index (κ1) is 20.9. The number of pyridine rings is 1. The SMILES string of the molecule is CC(=O)C(C(C)=O)N1C(=O)C(C)Oc2ccc(-c3nc(-c4ccccn4)sc3C)cc21. The summed E-state index contributed by atoms with van der Waals surface area (Å²) in [7, 11) is 0. The molecule has 7 nitrogen and oxygen atoms in total. The van der Waals surface area contributed by atoms with Crippen molar-refractivity contribution >= 4 is 34.5 Å². The van der Waals surface area contributed by atoms with E-state index in [1.165, 1.54) is 30.1 Å². The van der Waals surface area contributed by atoms with Crippen LogP contribution in [0.25, 0.3) is 22.0 Å². The summed E-state index contributed by atoms with van der Waals surface area (Å²) >= 11 is 1.52. The molecule has 4 rings (SSSR count). The molecular formula is C23H21N3O4S. The highest BCUT2D eigenvalue weighted by Gasteiger charge is 2.40. The van der Waals surface area contributed by atoms with Gasteiger partial charge in [0.1, 0.15) is 10.8 Å². The standard InChI is InChI=1S/C23H21N3O4S/c1-12(27)21(13(2)28)26-18-11-16(8-9-19(18)30-14(3)23(26)29)20-15(4)31-22(25-20)17-7-5-6-10-24-17/h5-11,14,21H,1-4H3. The zero-order valence-electron chi connectivity index (χ0n) is 17.6. The van der Waals surface area contributed by atoms with Gasteiger partial charge in [-0.2, -0.15) is 0 Å². The largest absolute Gasteiger partial charge is 0.479 e. The maximum absolute atomic E-state index is 12.9. The van der Waals surface area contributed by atoms with Gasteiger partial charge in [0.2, 0.25) is 0 Å². The van der Waals surface area contributed by atoms with Gasteiger partial charge in [-0.1, -0.05) is 6.07 Å². The first-order valence-electron chi connectivity index (χ1n) is 9.81. The van der Waals surface area contributed by atoms with Crippen LogP contribution in [0.15, 0.2) is 42.6 Å². The van der Waals surface area contributed by atoms with E-state index >= 15 is 0 Å². The van der Waals surface area contributed by atoms with Crippen LogP contribution in [0.3, 0.4) is 0 Å². The second-order valence-corrected chi connectivity index (χ2v) is 8.62. The molecule has 1 atom stereocenters. The van der Waals surface area contributed by atoms with E-state index < -0.39 is 29.6 Å². The number of benzene rings is 1. The maximum Gasteiger partial charge on any atom is 0.268 e. The second-order valence-electron chi connectivity index (χ2n) is 7.41. The van der Waals surface area contributed by atoms with E-state index in [2.05, 4.69) is 4.98 Å². The molecule has 1 aliphatic rings. The Morgan fingerprint density at radius 2 is 1.90 bits per heavy atom. The molecule has 0 N–H and O–H groups in total. The van der Waals surface area contributed by atoms with Crippen LogP contribution in [0.4, 0.5) is 5.69 Å². The van der Waals surface area contributed by atoms with Crippen molar-refractivity contribution in [1.82, 2.24) is 9.97 Å². The Bertz CT molecular complexity index is 1170. The Kier molecular flexibility index (Phi) is 5.41. The fourth-order valence-corrected chi connectivity index (χ4v) is 4.60. The molecule has 2 aromatic heterocycles. The molecule has 3 aromatic rings. The van der Waals surface area contributed by atoms with Gasteiger partial charge in [-0.05, 0) is 58.0 Å². The summed E-state index contributed by atoms with van der Waals surface area (Å²) in [4.78, 5) is 48.8. The number of rotatable bonds is 5. The minimum Gasteiger partial charge on any atom is -0.479 e. The lowest BCUT2D eigenvalue weighted by Gasteiger charge is -2.36. The topological polar surface area (TPSA) is 89.5 Å². The van der Waals surface area contributed by atoms with Crippen molar-refractivity contribution in [3.8, 4) is 27.7 Å². The Morgan fingerprint density at radius 3 is 2.55 bits per heavy atom. The number of carbonyl (C=O) groups excluding carboxylic acids is 3. The minimum absolute atomic E-state index is 0.391. The summed E-state index contributed by atoms with van der Waals surface area (Å²) in [6.45, 7) is 6.20. The van der Waals surface area contributed by atoms with Gasteiger partial charge in [0.15, 0.2) is 23.7 Å². The van der Waals surface area contributed by atoms with E-state index in [-0.39, 0.29) is 0 Å². The van der Waals surface area contributed by atoms with Crippen LogP contribution in [0.1, 0.15) is 25.6 Å². The first-order valence-corrected chi connectivity index (χ1v) is 10.6. The number of nitrogens with zero attached hydrogens (tertiary/aromatic N) is 3. The van der Waals surface area contributed by atoms with E-state index in [0.717, 1.165) is 26.8 Å². The number of fused-ring (bicyclic) bond motifs is 1. The molecule has 158 valence electrons. The van der Waals surface area contributed by atoms with E-state index in [1.54, 1.807) is 25.3 Å². The Labute approximate surface area is 183 Å². The summed E-state index contributed by atoms with van der Waals surface area (Å²) in [6, 6.07) is 9.83. The number of anilines is 1. The van der Waals surface area contributed by atoms with Crippen molar-refractivity contribution in [2.24, 2.45) is 0 Å². The second kappa shape index (κ2) is 8.03. The van der Waals surface area contributed by atoms with Crippen LogP contribution in [0.2, 0.25) is 0 Å². The predicted molar refractivity (Wildman–Crippen MR) is 118 cm³/mol. The van der Waals surface area contributed by atoms with E-state index in [4.69, 9.17) is 9.72 Å². The minimum atomic E-state index is -1.19. The van der Waals surface area contributed by atoms with Gasteiger partial charge < -0.3 is 4.74 Å². The molecule has 0 saturated carbocycles. The number of carbonyl (C=O) groups is 3. The molecule has 0 fully saturated rings. The summed E-state index contributed by atoms with van der Waals surface area (Å²) in [6.07, 6.45) is 0.923. The quantitative estimate of drug-likeness (QED) is 0.566. The highest BCUT2D eigenvalue weighted by Crippen LogP contribution is 2.40. The van der Waals surface area contributed by atoms with Crippen molar-refractivity contribution < 1.29 is 19.1 Å². The third-order valence-corrected chi connectivity index (χ3v) is 6.08. The van der Waals surface area contributed by atoms with Gasteiger partial charge in [-0.25, -0.2) is 4.98 Å². The summed E-state index contributed by atoms with van der Waals surface area (Å²) in [5.41, 5.74) is 2.68. The van der Waals surface area contributed by atoms with Crippen LogP contribution in [0, 0.1) is 6.92 Å². The number of hydrogen-bond donors (Lipinski definition) is 0. The molecule has 1 unspecified atom stereocenters. The fraction of sp³-hybridized carbons (Fsp3) is 0.261. The van der Waals surface area contributed by atoms with Gasteiger partial charge in [0, 0.05) is 16.6 Å². The van der Waals surface area contributed by atoms with Gasteiger partial charge >= 0.3 is 0 Å². The maximum atomic E-state index is 12.9. The van der Waals surface area contributed by atoms with Crippen molar-refractivity contribution in [2.45, 2.75) is 39.8 Å². The number of aromatic nitrogens is 2. The lowest BCUT2D eigenvalue weighted by atomic mass is 10.0. The molecule has 31 heavy (non-hydrogen) atoms. The van der Waals surface area contributed by atoms with Crippen LogP contribution in [0.5, 0.6) is 5.75 Å². The number of amides is 1. The van der Waals surface area contributed by atoms with Gasteiger partial charge in [0.05, 0.1) is 17.1 Å². The summed E-state index contributed by atoms with van der Waals surface area (Å²) < 4.78 is 5.74. The lowest BCUT2D eigenvalue weighted by molar-refractivity contribution is -0.133. The number of ketones is 2. The molecule has 0 saturated heterocycles. The van der Waals surface area contributed by atoms with E-state index in [0.29, 0.717) is 11.4 Å². The third-order valence-electron chi connectivity index (χ3n) is 5.09. The molecule has 8 heteroatoms. The Balaban J connectivity index is 1.83. The number of hydrogen-bond acceptors (Lipinski definition) is 7. The van der Waals surface area contributed by atoms with Crippen molar-refractivity contribution in [3.63, 3.8) is 0 Å². The van der Waals surface area contributed by atoms with Crippen LogP contribution in [-0.2, 0) is 14.4 Å². The highest BCUT2D eigenvalue weighted by molar-refractivity contribution is 7.15. The predicted octanol–water partition coefficient (Wildman–Crippen LogP) is 3.84. The number of thiazole rings is 1. The highest BCUT2D eigenvalue weighted by atomic mass is 32.1. The zero-order chi connectivity index (χ0) is 22.3. The van der Waals surface area contributed by atoms with Crippen molar-refractivity contribution in [1.29, 1.82) is 0 Å². The molecular weight excluding hydrogens is 414 g/mol. The van der Waals surface area contributed by atoms with Gasteiger partial charge in [-0.3, -0.25) is 24.3 Å². The normalized spacial score (nSPS) is 15.6. The van der Waals surface area contributed by atoms with Crippen molar-refractivity contribution in [3.05, 3.63) is 47.5 Å². The molecule has 0 aliphatic carbocycles. The monoisotopic (exact) mass is 435 g/mol. The Hall–Kier alpha value is -3.39. The van der Waals surface area contributed by atoms with Gasteiger partial charge in [-0.15, -0.1) is 11.3 Å². The van der Waals surface area contributed by atoms with Crippen LogP contribution < -0.4 is 9.64 Å². The van der Waals surface area contributed by atoms with E-state index in [1.807, 2.05) is 31.2 Å². The van der Waals surface area contributed by atoms with Gasteiger partial charge in [0.25, 0.3) is 5.91 Å². The molecule has 0 radical (unpaired) electrons. The first-order chi connectivity index (χ1) is 14.8. The molecule has 1 aliphatic heterocycles. The Morgan fingerprint density at radius 1 is 1.16 bits per heavy atom. The molecule has 1 amide bonds. The molecule has 0 bridgehead atoms. The number of aryl methyl sites for hydroxylation is 1. The summed E-state index contributed by atoms with van der Waals surface area (Å²) in [5.74, 6) is -0.771. The molecule has 3 heterocycles. The molecule has 1 aromatic carbocycles. The van der Waals surface area contributed by atoms with E-state index in [9.17, 15) is 14.4 Å². The third kappa shape index (κ3) is 3.74. The van der Waals surface area contributed by atoms with Crippen LogP contribution in [-0.4, -0.2) is 39.6 Å². The number of ether oxygens (including phenoxy) is 1. The molecule has 0 spiro atoms. The zero-order valence-corrected chi connectivity index (χ0v) is 18.4. The fourth-order valence-electron chi connectivity index (χ4n) is 3.69. The average molecular weight is 436 g/mol. The van der Waals surface area contributed by atoms with Crippen molar-refractivity contribution in [2.75, 3.05) is 4.90 Å². The van der Waals surface area contributed by atoms with Crippen LogP contribution >= 0.6 is 11.3 Å². The average Bonchev–Trinajstić information content (AvgIpc) is 3.13. The summed E-state index contributed by atoms with van der Waals surface area (Å²) in [5, 5.41) is 0.786. The smallest absolute Gasteiger partial charge is 0.268 e. The number of Topliss-reactive ketones (excluding diaryl/α,β-unsaturated/α-hetero) is 2.